The molecule has 19 heavy (non-hydrogen) atoms. The number of carbonyl (C=O) groups excluding carboxylic acids is 1. The average molecular weight is 344 g/mol. The van der Waals surface area contributed by atoms with Crippen molar-refractivity contribution in [2.45, 2.75) is 31.4 Å². The highest BCUT2D eigenvalue weighted by atomic mass is 79.9. The first-order chi connectivity index (χ1) is 9.01. The number of nitrogens with one attached hydrogen (secondary N) is 1. The molecule has 1 heterocycles. The monoisotopic (exact) mass is 343 g/mol. The van der Waals surface area contributed by atoms with Crippen molar-refractivity contribution in [3.63, 3.8) is 0 Å². The van der Waals surface area contributed by atoms with Crippen LogP contribution in [-0.4, -0.2) is 34.2 Å². The van der Waals surface area contributed by atoms with Crippen LogP contribution in [0.2, 0.25) is 0 Å². The van der Waals surface area contributed by atoms with E-state index >= 15 is 0 Å². The summed E-state index contributed by atoms with van der Waals surface area (Å²) in [6.07, 6.45) is 1.29. The summed E-state index contributed by atoms with van der Waals surface area (Å²) in [5, 5.41) is 13.1. The van der Waals surface area contributed by atoms with E-state index in [1.807, 2.05) is 31.2 Å². The van der Waals surface area contributed by atoms with Gasteiger partial charge in [-0.05, 0) is 37.1 Å². The molecule has 0 aliphatic carbocycles. The van der Waals surface area contributed by atoms with Crippen LogP contribution in [-0.2, 0) is 11.2 Å². The van der Waals surface area contributed by atoms with Gasteiger partial charge >= 0.3 is 0 Å². The van der Waals surface area contributed by atoms with Crippen LogP contribution in [0, 0.1) is 0 Å². The third-order valence-electron chi connectivity index (χ3n) is 3.28. The fraction of sp³-hybridized carbons (Fsp3) is 0.500. The Hall–Kier alpha value is -0.520. The third kappa shape index (κ3) is 3.74. The van der Waals surface area contributed by atoms with Gasteiger partial charge in [0.2, 0.25) is 0 Å². The molecule has 1 amide bonds. The molecule has 0 bridgehead atoms. The second-order valence-corrected chi connectivity index (χ2v) is 6.96. The van der Waals surface area contributed by atoms with Crippen molar-refractivity contribution in [1.29, 1.82) is 0 Å². The van der Waals surface area contributed by atoms with Crippen molar-refractivity contribution in [3.05, 3.63) is 34.3 Å². The minimum absolute atomic E-state index is 0.000764. The molecule has 1 aliphatic heterocycles. The molecule has 1 saturated heterocycles. The summed E-state index contributed by atoms with van der Waals surface area (Å²) >= 11 is 5.13. The molecular formula is C14H18BrNO2S. The number of halogens is 1. The highest BCUT2D eigenvalue weighted by Gasteiger charge is 2.39. The molecule has 104 valence electrons. The predicted molar refractivity (Wildman–Crippen MR) is 82.3 cm³/mol. The van der Waals surface area contributed by atoms with Crippen molar-refractivity contribution >= 4 is 33.6 Å². The van der Waals surface area contributed by atoms with E-state index in [2.05, 4.69) is 21.2 Å². The molecule has 2 rings (SSSR count). The summed E-state index contributed by atoms with van der Waals surface area (Å²) < 4.78 is 1.05. The van der Waals surface area contributed by atoms with Gasteiger partial charge in [-0.2, -0.15) is 11.8 Å². The highest BCUT2D eigenvalue weighted by molar-refractivity contribution is 9.10. The van der Waals surface area contributed by atoms with E-state index in [1.54, 1.807) is 11.8 Å². The first kappa shape index (κ1) is 14.9. The third-order valence-corrected chi connectivity index (χ3v) is 5.23. The smallest absolute Gasteiger partial charge is 0.253 e. The number of aliphatic hydroxyl groups is 1. The number of thioether (sulfide) groups is 1. The molecule has 0 aromatic heterocycles. The molecule has 0 radical (unpaired) electrons. The number of rotatable bonds is 4. The standard InChI is InChI=1S/C14H18BrNO2S/c1-10(8-11-4-2-3-5-12(11)15)16-13(17)14(18)6-7-19-9-14/h2-5,10,18H,6-9H2,1H3,(H,16,17). The zero-order valence-electron chi connectivity index (χ0n) is 10.9. The Kier molecular flexibility index (Phi) is 4.92. The molecule has 5 heteroatoms. The molecule has 3 nitrogen and oxygen atoms in total. The molecule has 1 fully saturated rings. The van der Waals surface area contributed by atoms with Crippen LogP contribution >= 0.6 is 27.7 Å². The Morgan fingerprint density at radius 3 is 2.95 bits per heavy atom. The molecule has 1 aromatic rings. The van der Waals surface area contributed by atoms with Gasteiger partial charge in [0.25, 0.3) is 5.91 Å². The molecule has 2 atom stereocenters. The van der Waals surface area contributed by atoms with Crippen LogP contribution in [0.1, 0.15) is 18.9 Å². The molecule has 1 aliphatic rings. The molecule has 2 unspecified atom stereocenters. The molecule has 0 saturated carbocycles. The largest absolute Gasteiger partial charge is 0.379 e. The van der Waals surface area contributed by atoms with E-state index in [-0.39, 0.29) is 11.9 Å². The van der Waals surface area contributed by atoms with E-state index in [0.29, 0.717) is 12.2 Å². The van der Waals surface area contributed by atoms with Crippen LogP contribution in [0.3, 0.4) is 0 Å². The summed E-state index contributed by atoms with van der Waals surface area (Å²) in [5.74, 6) is 1.11. The number of hydrogen-bond donors (Lipinski definition) is 2. The van der Waals surface area contributed by atoms with Crippen LogP contribution in [0.4, 0.5) is 0 Å². The van der Waals surface area contributed by atoms with Gasteiger partial charge in [-0.15, -0.1) is 0 Å². The van der Waals surface area contributed by atoms with Crippen LogP contribution in [0.15, 0.2) is 28.7 Å². The van der Waals surface area contributed by atoms with E-state index < -0.39 is 5.60 Å². The van der Waals surface area contributed by atoms with E-state index in [4.69, 9.17) is 0 Å². The first-order valence-electron chi connectivity index (χ1n) is 6.36. The lowest BCUT2D eigenvalue weighted by Gasteiger charge is -2.23. The van der Waals surface area contributed by atoms with Gasteiger partial charge in [0, 0.05) is 16.3 Å². The SMILES string of the molecule is CC(Cc1ccccc1Br)NC(=O)C1(O)CCSC1. The summed E-state index contributed by atoms with van der Waals surface area (Å²) in [6, 6.07) is 7.98. The molecule has 1 aromatic carbocycles. The Morgan fingerprint density at radius 2 is 2.32 bits per heavy atom. The van der Waals surface area contributed by atoms with Gasteiger partial charge < -0.3 is 10.4 Å². The Bertz CT molecular complexity index is 461. The number of benzene rings is 1. The highest BCUT2D eigenvalue weighted by Crippen LogP contribution is 2.28. The molecular weight excluding hydrogens is 326 g/mol. The number of amides is 1. The van der Waals surface area contributed by atoms with E-state index in [1.165, 1.54) is 0 Å². The van der Waals surface area contributed by atoms with Crippen LogP contribution in [0.5, 0.6) is 0 Å². The second-order valence-electron chi connectivity index (χ2n) is 5.00. The van der Waals surface area contributed by atoms with Crippen LogP contribution in [0.25, 0.3) is 0 Å². The lowest BCUT2D eigenvalue weighted by Crippen LogP contribution is -2.50. The topological polar surface area (TPSA) is 49.3 Å². The molecule has 2 N–H and O–H groups in total. The van der Waals surface area contributed by atoms with E-state index in [9.17, 15) is 9.90 Å². The fourth-order valence-corrected chi connectivity index (χ4v) is 3.82. The minimum atomic E-state index is -1.17. The minimum Gasteiger partial charge on any atom is -0.379 e. The Balaban J connectivity index is 1.93. The summed E-state index contributed by atoms with van der Waals surface area (Å²) in [6.45, 7) is 1.96. The van der Waals surface area contributed by atoms with Gasteiger partial charge in [0.05, 0.1) is 0 Å². The maximum Gasteiger partial charge on any atom is 0.253 e. The molecule has 0 spiro atoms. The summed E-state index contributed by atoms with van der Waals surface area (Å²) in [5.41, 5.74) is -0.0181. The maximum atomic E-state index is 12.1. The first-order valence-corrected chi connectivity index (χ1v) is 8.30. The zero-order valence-corrected chi connectivity index (χ0v) is 13.3. The normalized spacial score (nSPS) is 24.2. The second kappa shape index (κ2) is 6.29. The van der Waals surface area contributed by atoms with Crippen molar-refractivity contribution < 1.29 is 9.90 Å². The van der Waals surface area contributed by atoms with Gasteiger partial charge in [-0.3, -0.25) is 4.79 Å². The quantitative estimate of drug-likeness (QED) is 0.882. The Labute approximate surface area is 126 Å². The van der Waals surface area contributed by atoms with Gasteiger partial charge in [0.15, 0.2) is 5.60 Å². The van der Waals surface area contributed by atoms with Crippen molar-refractivity contribution in [1.82, 2.24) is 5.32 Å². The van der Waals surface area contributed by atoms with Crippen LogP contribution < -0.4 is 5.32 Å². The van der Waals surface area contributed by atoms with Crippen molar-refractivity contribution in [2.75, 3.05) is 11.5 Å². The fourth-order valence-electron chi connectivity index (χ4n) is 2.14. The zero-order chi connectivity index (χ0) is 13.9. The lowest BCUT2D eigenvalue weighted by atomic mass is 10.0. The Morgan fingerprint density at radius 1 is 1.58 bits per heavy atom. The van der Waals surface area contributed by atoms with Crippen molar-refractivity contribution in [3.8, 4) is 0 Å². The van der Waals surface area contributed by atoms with Gasteiger partial charge in [0.1, 0.15) is 0 Å². The predicted octanol–water partition coefficient (Wildman–Crippen LogP) is 2.36. The summed E-state index contributed by atoms with van der Waals surface area (Å²) in [7, 11) is 0. The van der Waals surface area contributed by atoms with E-state index in [0.717, 1.165) is 22.2 Å². The average Bonchev–Trinajstić information content (AvgIpc) is 2.80. The van der Waals surface area contributed by atoms with Gasteiger partial charge in [-0.1, -0.05) is 34.1 Å². The van der Waals surface area contributed by atoms with Crippen molar-refractivity contribution in [2.24, 2.45) is 0 Å². The number of hydrogen-bond acceptors (Lipinski definition) is 3. The lowest BCUT2D eigenvalue weighted by molar-refractivity contribution is -0.137. The number of carbonyl (C=O) groups is 1. The maximum absolute atomic E-state index is 12.1. The summed E-state index contributed by atoms with van der Waals surface area (Å²) in [4.78, 5) is 12.1. The van der Waals surface area contributed by atoms with Gasteiger partial charge in [-0.25, -0.2) is 0 Å².